The number of fused-ring (bicyclic) bond motifs is 1. The van der Waals surface area contributed by atoms with Crippen LogP contribution in [0.25, 0.3) is 5.65 Å². The molecular formula is C11H7F3N2O3. The number of hydrogen-bond acceptors (Lipinski definition) is 3. The second kappa shape index (κ2) is 4.38. The Kier molecular flexibility index (Phi) is 3.01. The highest BCUT2D eigenvalue weighted by Crippen LogP contribution is 2.28. The summed E-state index contributed by atoms with van der Waals surface area (Å²) in [5.41, 5.74) is -1.77. The predicted octanol–water partition coefficient (Wildman–Crippen LogP) is 1.34. The van der Waals surface area contributed by atoms with Crippen LogP contribution in [0.3, 0.4) is 0 Å². The zero-order valence-corrected chi connectivity index (χ0v) is 9.31. The fraction of sp³-hybridized carbons (Fsp3) is 0.182. The number of carboxylic acids is 1. The Morgan fingerprint density at radius 3 is 2.63 bits per heavy atom. The van der Waals surface area contributed by atoms with Gasteiger partial charge in [-0.1, -0.05) is 0 Å². The van der Waals surface area contributed by atoms with E-state index in [-0.39, 0.29) is 11.3 Å². The third-order valence-electron chi connectivity index (χ3n) is 2.37. The van der Waals surface area contributed by atoms with Crippen molar-refractivity contribution >= 4 is 11.6 Å². The van der Waals surface area contributed by atoms with Gasteiger partial charge in [0.25, 0.3) is 5.56 Å². The number of rotatable bonds is 2. The first-order valence-electron chi connectivity index (χ1n) is 5.09. The van der Waals surface area contributed by atoms with Crippen molar-refractivity contribution < 1.29 is 23.1 Å². The van der Waals surface area contributed by atoms with Gasteiger partial charge in [-0.25, -0.2) is 4.98 Å². The zero-order valence-electron chi connectivity index (χ0n) is 9.31. The fourth-order valence-corrected chi connectivity index (χ4v) is 1.57. The third-order valence-corrected chi connectivity index (χ3v) is 2.37. The van der Waals surface area contributed by atoms with Crippen LogP contribution in [0.2, 0.25) is 0 Å². The van der Waals surface area contributed by atoms with Gasteiger partial charge in [-0.15, -0.1) is 0 Å². The normalized spacial score (nSPS) is 11.7. The number of nitrogens with zero attached hydrogens (tertiary/aromatic N) is 2. The van der Waals surface area contributed by atoms with Crippen LogP contribution in [0, 0.1) is 0 Å². The molecule has 0 radical (unpaired) electrons. The van der Waals surface area contributed by atoms with Crippen LogP contribution in [0.4, 0.5) is 13.2 Å². The second-order valence-electron chi connectivity index (χ2n) is 3.80. The number of aromatic nitrogens is 2. The van der Waals surface area contributed by atoms with Gasteiger partial charge >= 0.3 is 12.1 Å². The van der Waals surface area contributed by atoms with Crippen molar-refractivity contribution in [2.75, 3.05) is 0 Å². The molecule has 0 atom stereocenters. The summed E-state index contributed by atoms with van der Waals surface area (Å²) in [5.74, 6) is -1.18. The highest BCUT2D eigenvalue weighted by molar-refractivity contribution is 5.69. The monoisotopic (exact) mass is 272 g/mol. The fourth-order valence-electron chi connectivity index (χ4n) is 1.57. The number of pyridine rings is 1. The Labute approximate surface area is 103 Å². The van der Waals surface area contributed by atoms with Crippen LogP contribution in [0.15, 0.2) is 29.2 Å². The summed E-state index contributed by atoms with van der Waals surface area (Å²) in [4.78, 5) is 25.9. The molecule has 0 unspecified atom stereocenters. The summed E-state index contributed by atoms with van der Waals surface area (Å²) in [6.07, 6.45) is -4.39. The number of aliphatic carboxylic acids is 1. The largest absolute Gasteiger partial charge is 0.481 e. The molecule has 8 heteroatoms. The lowest BCUT2D eigenvalue weighted by Gasteiger charge is -2.08. The van der Waals surface area contributed by atoms with Gasteiger partial charge in [0.15, 0.2) is 0 Å². The molecule has 0 fully saturated rings. The first-order valence-corrected chi connectivity index (χ1v) is 5.09. The summed E-state index contributed by atoms with van der Waals surface area (Å²) >= 11 is 0. The van der Waals surface area contributed by atoms with E-state index in [1.807, 2.05) is 0 Å². The molecule has 0 aliphatic carbocycles. The van der Waals surface area contributed by atoms with Crippen molar-refractivity contribution in [2.45, 2.75) is 12.6 Å². The van der Waals surface area contributed by atoms with E-state index in [1.54, 1.807) is 0 Å². The van der Waals surface area contributed by atoms with E-state index >= 15 is 0 Å². The minimum atomic E-state index is -4.56. The molecule has 0 saturated carbocycles. The predicted molar refractivity (Wildman–Crippen MR) is 57.8 cm³/mol. The van der Waals surface area contributed by atoms with Gasteiger partial charge in [-0.05, 0) is 12.1 Å². The number of carboxylic acid groups (broad SMARTS) is 1. The molecular weight excluding hydrogens is 265 g/mol. The molecule has 2 heterocycles. The summed E-state index contributed by atoms with van der Waals surface area (Å²) in [5, 5.41) is 8.58. The molecule has 0 saturated heterocycles. The third kappa shape index (κ3) is 2.72. The lowest BCUT2D eigenvalue weighted by Crippen LogP contribution is -2.19. The molecule has 0 spiro atoms. The average Bonchev–Trinajstić information content (AvgIpc) is 2.26. The maximum Gasteiger partial charge on any atom is 0.417 e. The van der Waals surface area contributed by atoms with E-state index in [1.165, 1.54) is 0 Å². The van der Waals surface area contributed by atoms with Gasteiger partial charge in [0, 0.05) is 12.3 Å². The minimum Gasteiger partial charge on any atom is -0.481 e. The van der Waals surface area contributed by atoms with Crippen LogP contribution in [-0.2, 0) is 17.4 Å². The van der Waals surface area contributed by atoms with Gasteiger partial charge in [0.1, 0.15) is 5.65 Å². The molecule has 5 nitrogen and oxygen atoms in total. The van der Waals surface area contributed by atoms with Crippen molar-refractivity contribution in [3.05, 3.63) is 46.0 Å². The van der Waals surface area contributed by atoms with E-state index in [2.05, 4.69) is 4.98 Å². The standard InChI is InChI=1S/C11H7F3N2O3/c12-11(13,14)6-1-2-8-15-7(4-10(18)19)3-9(17)16(8)5-6/h1-3,5H,4H2,(H,18,19). The smallest absolute Gasteiger partial charge is 0.417 e. The molecule has 2 aromatic heterocycles. The molecule has 1 N–H and O–H groups in total. The zero-order chi connectivity index (χ0) is 14.2. The van der Waals surface area contributed by atoms with Crippen molar-refractivity contribution in [3.8, 4) is 0 Å². The quantitative estimate of drug-likeness (QED) is 0.895. The van der Waals surface area contributed by atoms with Gasteiger partial charge in [-0.3, -0.25) is 14.0 Å². The van der Waals surface area contributed by atoms with Crippen LogP contribution in [0.5, 0.6) is 0 Å². The maximum atomic E-state index is 12.5. The van der Waals surface area contributed by atoms with Crippen molar-refractivity contribution in [3.63, 3.8) is 0 Å². The van der Waals surface area contributed by atoms with E-state index in [9.17, 15) is 22.8 Å². The first kappa shape index (κ1) is 13.1. The average molecular weight is 272 g/mol. The van der Waals surface area contributed by atoms with Gasteiger partial charge in [0.2, 0.25) is 0 Å². The Morgan fingerprint density at radius 2 is 2.05 bits per heavy atom. The van der Waals surface area contributed by atoms with Crippen molar-refractivity contribution in [2.24, 2.45) is 0 Å². The van der Waals surface area contributed by atoms with E-state index < -0.39 is 29.7 Å². The Morgan fingerprint density at radius 1 is 1.37 bits per heavy atom. The molecule has 0 bridgehead atoms. The Hall–Kier alpha value is -2.38. The van der Waals surface area contributed by atoms with Gasteiger partial charge in [0.05, 0.1) is 17.7 Å². The SMILES string of the molecule is O=C(O)Cc1cc(=O)n2cc(C(F)(F)F)ccc2n1. The molecule has 2 rings (SSSR count). The number of alkyl halides is 3. The van der Waals surface area contributed by atoms with E-state index in [0.29, 0.717) is 6.20 Å². The van der Waals surface area contributed by atoms with Crippen molar-refractivity contribution in [1.82, 2.24) is 9.38 Å². The molecule has 0 aromatic carbocycles. The number of halogens is 3. The Bertz CT molecular complexity index is 706. The summed E-state index contributed by atoms with van der Waals surface area (Å²) in [7, 11) is 0. The van der Waals surface area contributed by atoms with Crippen molar-refractivity contribution in [1.29, 1.82) is 0 Å². The second-order valence-corrected chi connectivity index (χ2v) is 3.80. The maximum absolute atomic E-state index is 12.5. The highest BCUT2D eigenvalue weighted by Gasteiger charge is 2.30. The molecule has 0 aliphatic heterocycles. The van der Waals surface area contributed by atoms with Crippen LogP contribution >= 0.6 is 0 Å². The summed E-state index contributed by atoms with van der Waals surface area (Å²) < 4.78 is 38.2. The van der Waals surface area contributed by atoms with Gasteiger partial charge < -0.3 is 5.11 Å². The Balaban J connectivity index is 2.60. The van der Waals surface area contributed by atoms with E-state index in [4.69, 9.17) is 5.11 Å². The molecule has 0 amide bonds. The highest BCUT2D eigenvalue weighted by atomic mass is 19.4. The molecule has 100 valence electrons. The lowest BCUT2D eigenvalue weighted by molar-refractivity contribution is -0.138. The number of hydrogen-bond donors (Lipinski definition) is 1. The van der Waals surface area contributed by atoms with Crippen LogP contribution < -0.4 is 5.56 Å². The minimum absolute atomic E-state index is 0.00254. The summed E-state index contributed by atoms with van der Waals surface area (Å²) in [6, 6.07) is 2.71. The number of carbonyl (C=O) groups is 1. The first-order chi connectivity index (χ1) is 8.77. The van der Waals surface area contributed by atoms with Crippen LogP contribution in [0.1, 0.15) is 11.3 Å². The molecule has 2 aromatic rings. The topological polar surface area (TPSA) is 71.7 Å². The van der Waals surface area contributed by atoms with Crippen LogP contribution in [-0.4, -0.2) is 20.5 Å². The molecule has 0 aliphatic rings. The van der Waals surface area contributed by atoms with E-state index in [0.717, 1.165) is 22.6 Å². The lowest BCUT2D eigenvalue weighted by atomic mass is 10.2. The molecule has 19 heavy (non-hydrogen) atoms. The van der Waals surface area contributed by atoms with Gasteiger partial charge in [-0.2, -0.15) is 13.2 Å². The summed E-state index contributed by atoms with van der Waals surface area (Å²) in [6.45, 7) is 0.